The third kappa shape index (κ3) is 3.29. The number of hydrogen-bond donors (Lipinski definition) is 2. The molecule has 20 heavy (non-hydrogen) atoms. The number of hydrogen-bond acceptors (Lipinski definition) is 4. The second-order valence-corrected chi connectivity index (χ2v) is 4.85. The molecule has 0 aliphatic rings. The third-order valence-corrected chi connectivity index (χ3v) is 3.28. The zero-order valence-corrected chi connectivity index (χ0v) is 11.9. The van der Waals surface area contributed by atoms with Gasteiger partial charge < -0.3 is 11.5 Å². The van der Waals surface area contributed by atoms with Gasteiger partial charge in [0.2, 0.25) is 0 Å². The minimum absolute atomic E-state index is 0.504. The number of aryl methyl sites for hydroxylation is 2. The van der Waals surface area contributed by atoms with Crippen molar-refractivity contribution in [2.75, 3.05) is 0 Å². The quantitative estimate of drug-likeness (QED) is 0.830. The molecule has 0 radical (unpaired) electrons. The first-order valence-corrected chi connectivity index (χ1v) is 6.65. The first-order valence-electron chi connectivity index (χ1n) is 6.65. The van der Waals surface area contributed by atoms with Crippen LogP contribution >= 0.6 is 0 Å². The Morgan fingerprint density at radius 1 is 0.750 bits per heavy atom. The Morgan fingerprint density at radius 2 is 1.15 bits per heavy atom. The second-order valence-electron chi connectivity index (χ2n) is 4.85. The number of rotatable bonds is 4. The number of azo groups is 1. The Labute approximate surface area is 119 Å². The van der Waals surface area contributed by atoms with E-state index < -0.39 is 0 Å². The van der Waals surface area contributed by atoms with Gasteiger partial charge in [-0.2, -0.15) is 10.2 Å². The van der Waals surface area contributed by atoms with Crippen molar-refractivity contribution in [3.8, 4) is 0 Å². The summed E-state index contributed by atoms with van der Waals surface area (Å²) in [6, 6.07) is 12.0. The molecule has 0 spiro atoms. The summed E-state index contributed by atoms with van der Waals surface area (Å²) in [6.45, 7) is 5.03. The summed E-state index contributed by atoms with van der Waals surface area (Å²) in [6.07, 6.45) is 0. The summed E-state index contributed by atoms with van der Waals surface area (Å²) in [7, 11) is 0. The van der Waals surface area contributed by atoms with Crippen molar-refractivity contribution in [3.63, 3.8) is 0 Å². The van der Waals surface area contributed by atoms with E-state index in [1.807, 2.05) is 50.2 Å². The van der Waals surface area contributed by atoms with Gasteiger partial charge in [-0.25, -0.2) is 0 Å². The van der Waals surface area contributed by atoms with Gasteiger partial charge in [0.05, 0.1) is 11.4 Å². The van der Waals surface area contributed by atoms with E-state index in [1.54, 1.807) is 0 Å². The first kappa shape index (κ1) is 14.4. The lowest BCUT2D eigenvalue weighted by Gasteiger charge is -2.04. The summed E-state index contributed by atoms with van der Waals surface area (Å²) in [5.74, 6) is 0. The van der Waals surface area contributed by atoms with Gasteiger partial charge in [-0.1, -0.05) is 24.3 Å². The van der Waals surface area contributed by atoms with Gasteiger partial charge in [0.1, 0.15) is 0 Å². The second kappa shape index (κ2) is 6.41. The zero-order valence-electron chi connectivity index (χ0n) is 11.9. The summed E-state index contributed by atoms with van der Waals surface area (Å²) in [5.41, 5.74) is 17.3. The topological polar surface area (TPSA) is 76.8 Å². The van der Waals surface area contributed by atoms with Crippen molar-refractivity contribution in [1.29, 1.82) is 0 Å². The summed E-state index contributed by atoms with van der Waals surface area (Å²) >= 11 is 0. The highest BCUT2D eigenvalue weighted by Gasteiger charge is 2.01. The Balaban J connectivity index is 2.33. The maximum absolute atomic E-state index is 5.65. The average Bonchev–Trinajstić information content (AvgIpc) is 2.48. The Morgan fingerprint density at radius 3 is 1.50 bits per heavy atom. The minimum atomic E-state index is 0.504. The standard InChI is InChI=1S/C16H20N4/c1-11-3-5-13(9-17)7-15(11)19-20-16-8-14(10-18)6-4-12(16)2/h3-8H,9-10,17-18H2,1-2H3. The van der Waals surface area contributed by atoms with Crippen LogP contribution < -0.4 is 11.5 Å². The van der Waals surface area contributed by atoms with Crippen LogP contribution in [0.25, 0.3) is 0 Å². The molecule has 0 unspecified atom stereocenters. The van der Waals surface area contributed by atoms with E-state index in [9.17, 15) is 0 Å². The molecule has 0 saturated carbocycles. The molecule has 0 fully saturated rings. The largest absolute Gasteiger partial charge is 0.326 e. The van der Waals surface area contributed by atoms with Crippen LogP contribution in [0.15, 0.2) is 46.6 Å². The van der Waals surface area contributed by atoms with Crippen molar-refractivity contribution in [2.24, 2.45) is 21.7 Å². The molecule has 4 N–H and O–H groups in total. The molecule has 0 bridgehead atoms. The Hall–Kier alpha value is -2.04. The van der Waals surface area contributed by atoms with Crippen LogP contribution in [0.3, 0.4) is 0 Å². The first-order chi connectivity index (χ1) is 9.63. The van der Waals surface area contributed by atoms with Crippen molar-refractivity contribution >= 4 is 11.4 Å². The van der Waals surface area contributed by atoms with Crippen molar-refractivity contribution in [3.05, 3.63) is 58.7 Å². The van der Waals surface area contributed by atoms with Gasteiger partial charge in [0, 0.05) is 13.1 Å². The molecule has 0 heterocycles. The molecule has 0 aliphatic carbocycles. The average molecular weight is 268 g/mol. The molecule has 0 aromatic heterocycles. The monoisotopic (exact) mass is 268 g/mol. The van der Waals surface area contributed by atoms with E-state index >= 15 is 0 Å². The Kier molecular flexibility index (Phi) is 4.61. The van der Waals surface area contributed by atoms with E-state index in [2.05, 4.69) is 10.2 Å². The molecular formula is C16H20N4. The fraction of sp³-hybridized carbons (Fsp3) is 0.250. The van der Waals surface area contributed by atoms with E-state index in [0.29, 0.717) is 13.1 Å². The van der Waals surface area contributed by atoms with Crippen molar-refractivity contribution in [1.82, 2.24) is 0 Å². The molecule has 2 rings (SSSR count). The molecule has 2 aromatic carbocycles. The maximum atomic E-state index is 5.65. The Bertz CT molecular complexity index is 577. The lowest BCUT2D eigenvalue weighted by Crippen LogP contribution is -1.96. The predicted molar refractivity (Wildman–Crippen MR) is 82.3 cm³/mol. The van der Waals surface area contributed by atoms with Crippen LogP contribution in [0.5, 0.6) is 0 Å². The van der Waals surface area contributed by atoms with Gasteiger partial charge in [-0.05, 0) is 48.2 Å². The van der Waals surface area contributed by atoms with Crippen LogP contribution in [0.1, 0.15) is 22.3 Å². The fourth-order valence-corrected chi connectivity index (χ4v) is 1.89. The summed E-state index contributed by atoms with van der Waals surface area (Å²) in [4.78, 5) is 0. The van der Waals surface area contributed by atoms with Crippen LogP contribution in [0.4, 0.5) is 11.4 Å². The summed E-state index contributed by atoms with van der Waals surface area (Å²) < 4.78 is 0. The van der Waals surface area contributed by atoms with Gasteiger partial charge >= 0.3 is 0 Å². The molecule has 104 valence electrons. The summed E-state index contributed by atoms with van der Waals surface area (Å²) in [5, 5.41) is 8.70. The molecule has 2 aromatic rings. The van der Waals surface area contributed by atoms with Gasteiger partial charge in [0.15, 0.2) is 0 Å². The van der Waals surface area contributed by atoms with E-state index in [-0.39, 0.29) is 0 Å². The molecule has 0 amide bonds. The molecule has 4 heteroatoms. The number of nitrogens with two attached hydrogens (primary N) is 2. The molecule has 0 saturated heterocycles. The number of nitrogens with zero attached hydrogens (tertiary/aromatic N) is 2. The third-order valence-electron chi connectivity index (χ3n) is 3.28. The lowest BCUT2D eigenvalue weighted by atomic mass is 10.1. The maximum Gasteiger partial charge on any atom is 0.0889 e. The smallest absolute Gasteiger partial charge is 0.0889 e. The predicted octanol–water partition coefficient (Wildman–Crippen LogP) is 3.64. The lowest BCUT2D eigenvalue weighted by molar-refractivity contribution is 1.05. The van der Waals surface area contributed by atoms with Gasteiger partial charge in [-0.15, -0.1) is 0 Å². The highest BCUT2D eigenvalue weighted by molar-refractivity contribution is 5.50. The van der Waals surface area contributed by atoms with Crippen LogP contribution in [0, 0.1) is 13.8 Å². The SMILES string of the molecule is Cc1ccc(CN)cc1N=Nc1cc(CN)ccc1C. The molecule has 0 aliphatic heterocycles. The van der Waals surface area contributed by atoms with Crippen LogP contribution in [-0.4, -0.2) is 0 Å². The molecule has 0 atom stereocenters. The van der Waals surface area contributed by atoms with Crippen LogP contribution in [-0.2, 0) is 13.1 Å². The highest BCUT2D eigenvalue weighted by Crippen LogP contribution is 2.25. The van der Waals surface area contributed by atoms with Crippen molar-refractivity contribution < 1.29 is 0 Å². The minimum Gasteiger partial charge on any atom is -0.326 e. The van der Waals surface area contributed by atoms with Crippen LogP contribution in [0.2, 0.25) is 0 Å². The molecule has 4 nitrogen and oxygen atoms in total. The normalized spacial score (nSPS) is 11.2. The van der Waals surface area contributed by atoms with E-state index in [1.165, 1.54) is 0 Å². The van der Waals surface area contributed by atoms with E-state index in [0.717, 1.165) is 33.6 Å². The van der Waals surface area contributed by atoms with Crippen molar-refractivity contribution in [2.45, 2.75) is 26.9 Å². The van der Waals surface area contributed by atoms with E-state index in [4.69, 9.17) is 11.5 Å². The number of benzene rings is 2. The highest BCUT2D eigenvalue weighted by atomic mass is 15.1. The fourth-order valence-electron chi connectivity index (χ4n) is 1.89. The zero-order chi connectivity index (χ0) is 14.5. The van der Waals surface area contributed by atoms with Gasteiger partial charge in [0.25, 0.3) is 0 Å². The van der Waals surface area contributed by atoms with Gasteiger partial charge in [-0.3, -0.25) is 0 Å². The molecular weight excluding hydrogens is 248 g/mol.